The average Bonchev–Trinajstić information content (AvgIpc) is 3.05. The highest BCUT2D eigenvalue weighted by atomic mass is 16.1. The van der Waals surface area contributed by atoms with Gasteiger partial charge in [-0.15, -0.1) is 0 Å². The molecular weight excluding hydrogens is 298 g/mol. The first-order valence-corrected chi connectivity index (χ1v) is 7.88. The van der Waals surface area contributed by atoms with Crippen molar-refractivity contribution in [2.24, 2.45) is 0 Å². The standard InChI is InChI=1S/C20H17N3O/c1-12-5-3-6-14-16(11-22-19(12)14)18-10-9-13-15(20(24)21-2)7-4-8-17(13)23-18/h3-11,22H,1-2H3,(H,21,24). The van der Waals surface area contributed by atoms with Crippen LogP contribution in [0, 0.1) is 6.92 Å². The number of nitrogens with zero attached hydrogens (tertiary/aromatic N) is 1. The molecule has 0 unspecified atom stereocenters. The number of pyridine rings is 1. The van der Waals surface area contributed by atoms with Crippen molar-refractivity contribution in [3.05, 3.63) is 65.9 Å². The molecule has 4 rings (SSSR count). The number of carbonyl (C=O) groups excluding carboxylic acids is 1. The molecule has 0 radical (unpaired) electrons. The highest BCUT2D eigenvalue weighted by molar-refractivity contribution is 6.06. The maximum atomic E-state index is 12.0. The molecule has 0 atom stereocenters. The van der Waals surface area contributed by atoms with Gasteiger partial charge in [0.05, 0.1) is 11.2 Å². The van der Waals surface area contributed by atoms with E-state index in [9.17, 15) is 4.79 Å². The van der Waals surface area contributed by atoms with E-state index in [2.05, 4.69) is 35.4 Å². The first-order chi connectivity index (χ1) is 11.7. The van der Waals surface area contributed by atoms with Crippen LogP contribution < -0.4 is 5.32 Å². The highest BCUT2D eigenvalue weighted by Gasteiger charge is 2.12. The first kappa shape index (κ1) is 14.5. The second-order valence-corrected chi connectivity index (χ2v) is 5.85. The SMILES string of the molecule is CNC(=O)c1cccc2nc(-c3c[nH]c4c(C)cccc34)ccc12. The smallest absolute Gasteiger partial charge is 0.251 e. The summed E-state index contributed by atoms with van der Waals surface area (Å²) in [6, 6.07) is 15.8. The fourth-order valence-electron chi connectivity index (χ4n) is 3.16. The van der Waals surface area contributed by atoms with Crippen molar-refractivity contribution in [3.63, 3.8) is 0 Å². The summed E-state index contributed by atoms with van der Waals surface area (Å²) >= 11 is 0. The summed E-state index contributed by atoms with van der Waals surface area (Å²) in [7, 11) is 1.64. The Hall–Kier alpha value is -3.14. The summed E-state index contributed by atoms with van der Waals surface area (Å²) in [4.78, 5) is 20.1. The number of aryl methyl sites for hydroxylation is 1. The molecule has 2 N–H and O–H groups in total. The minimum atomic E-state index is -0.0992. The van der Waals surface area contributed by atoms with E-state index in [4.69, 9.17) is 4.98 Å². The van der Waals surface area contributed by atoms with Crippen molar-refractivity contribution in [2.75, 3.05) is 7.05 Å². The lowest BCUT2D eigenvalue weighted by Crippen LogP contribution is -2.18. The van der Waals surface area contributed by atoms with Crippen molar-refractivity contribution >= 4 is 27.7 Å². The molecule has 118 valence electrons. The third-order valence-electron chi connectivity index (χ3n) is 4.40. The lowest BCUT2D eigenvalue weighted by atomic mass is 10.0. The van der Waals surface area contributed by atoms with Gasteiger partial charge in [0.25, 0.3) is 5.91 Å². The van der Waals surface area contributed by atoms with Gasteiger partial charge in [-0.2, -0.15) is 0 Å². The van der Waals surface area contributed by atoms with Crippen molar-refractivity contribution in [2.45, 2.75) is 6.92 Å². The zero-order valence-electron chi connectivity index (χ0n) is 13.6. The molecule has 0 aliphatic heterocycles. The number of para-hydroxylation sites is 1. The van der Waals surface area contributed by atoms with Crippen LogP contribution in [0.3, 0.4) is 0 Å². The predicted octanol–water partition coefficient (Wildman–Crippen LogP) is 4.05. The monoisotopic (exact) mass is 315 g/mol. The summed E-state index contributed by atoms with van der Waals surface area (Å²) < 4.78 is 0. The largest absolute Gasteiger partial charge is 0.360 e. The first-order valence-electron chi connectivity index (χ1n) is 7.88. The van der Waals surface area contributed by atoms with Crippen molar-refractivity contribution in [3.8, 4) is 11.3 Å². The summed E-state index contributed by atoms with van der Waals surface area (Å²) in [6.45, 7) is 2.09. The Labute approximate surface area is 139 Å². The van der Waals surface area contributed by atoms with Crippen LogP contribution in [0.5, 0.6) is 0 Å². The van der Waals surface area contributed by atoms with Gasteiger partial charge in [-0.1, -0.05) is 24.3 Å². The number of amides is 1. The number of hydrogen-bond acceptors (Lipinski definition) is 2. The van der Waals surface area contributed by atoms with E-state index in [-0.39, 0.29) is 5.91 Å². The molecule has 4 aromatic rings. The molecule has 4 nitrogen and oxygen atoms in total. The number of aromatic amines is 1. The van der Waals surface area contributed by atoms with Gasteiger partial charge < -0.3 is 10.3 Å². The van der Waals surface area contributed by atoms with Gasteiger partial charge in [0.2, 0.25) is 0 Å². The predicted molar refractivity (Wildman–Crippen MR) is 97.2 cm³/mol. The van der Waals surface area contributed by atoms with Gasteiger partial charge in [-0.25, -0.2) is 4.98 Å². The lowest BCUT2D eigenvalue weighted by Gasteiger charge is -2.07. The van der Waals surface area contributed by atoms with Crippen LogP contribution >= 0.6 is 0 Å². The van der Waals surface area contributed by atoms with Crippen LogP contribution in [-0.2, 0) is 0 Å². The molecule has 0 saturated carbocycles. The number of benzene rings is 2. The summed E-state index contributed by atoms with van der Waals surface area (Å²) in [5.74, 6) is -0.0992. The molecule has 0 bridgehead atoms. The summed E-state index contributed by atoms with van der Waals surface area (Å²) in [5, 5.41) is 4.69. The fraction of sp³-hybridized carbons (Fsp3) is 0.100. The van der Waals surface area contributed by atoms with Crippen LogP contribution in [0.15, 0.2) is 54.7 Å². The Morgan fingerprint density at radius 3 is 2.71 bits per heavy atom. The van der Waals surface area contributed by atoms with Gasteiger partial charge in [0, 0.05) is 40.7 Å². The Balaban J connectivity index is 1.92. The topological polar surface area (TPSA) is 57.8 Å². The van der Waals surface area contributed by atoms with E-state index in [0.717, 1.165) is 33.1 Å². The maximum absolute atomic E-state index is 12.0. The van der Waals surface area contributed by atoms with Gasteiger partial charge in [-0.3, -0.25) is 4.79 Å². The lowest BCUT2D eigenvalue weighted by molar-refractivity contribution is 0.0964. The summed E-state index contributed by atoms with van der Waals surface area (Å²) in [5.41, 5.74) is 5.77. The van der Waals surface area contributed by atoms with Crippen LogP contribution in [0.25, 0.3) is 33.1 Å². The summed E-state index contributed by atoms with van der Waals surface area (Å²) in [6.07, 6.45) is 1.99. The quantitative estimate of drug-likeness (QED) is 0.586. The second kappa shape index (κ2) is 5.49. The fourth-order valence-corrected chi connectivity index (χ4v) is 3.16. The van der Waals surface area contributed by atoms with Crippen molar-refractivity contribution < 1.29 is 4.79 Å². The Morgan fingerprint density at radius 2 is 1.88 bits per heavy atom. The highest BCUT2D eigenvalue weighted by Crippen LogP contribution is 2.30. The number of fused-ring (bicyclic) bond motifs is 2. The number of aromatic nitrogens is 2. The second-order valence-electron chi connectivity index (χ2n) is 5.85. The van der Waals surface area contributed by atoms with Crippen molar-refractivity contribution in [1.29, 1.82) is 0 Å². The number of rotatable bonds is 2. The van der Waals surface area contributed by atoms with Crippen LogP contribution in [-0.4, -0.2) is 22.9 Å². The molecule has 0 saturated heterocycles. The molecule has 2 heterocycles. The van der Waals surface area contributed by atoms with Crippen LogP contribution in [0.1, 0.15) is 15.9 Å². The van der Waals surface area contributed by atoms with Gasteiger partial charge >= 0.3 is 0 Å². The van der Waals surface area contributed by atoms with E-state index in [1.54, 1.807) is 7.05 Å². The van der Waals surface area contributed by atoms with Gasteiger partial charge in [0.1, 0.15) is 0 Å². The van der Waals surface area contributed by atoms with E-state index in [1.807, 2.05) is 36.5 Å². The normalized spacial score (nSPS) is 11.1. The molecule has 0 spiro atoms. The molecule has 0 aliphatic rings. The van der Waals surface area contributed by atoms with E-state index < -0.39 is 0 Å². The molecule has 0 fully saturated rings. The van der Waals surface area contributed by atoms with E-state index in [1.165, 1.54) is 5.56 Å². The van der Waals surface area contributed by atoms with E-state index in [0.29, 0.717) is 5.56 Å². The van der Waals surface area contributed by atoms with Gasteiger partial charge in [0.15, 0.2) is 0 Å². The maximum Gasteiger partial charge on any atom is 0.251 e. The molecule has 1 amide bonds. The zero-order valence-corrected chi connectivity index (χ0v) is 13.6. The Bertz CT molecular complexity index is 1080. The third kappa shape index (κ3) is 2.15. The number of H-pyrrole nitrogens is 1. The molecule has 0 aliphatic carbocycles. The molecule has 4 heteroatoms. The average molecular weight is 315 g/mol. The van der Waals surface area contributed by atoms with Gasteiger partial charge in [-0.05, 0) is 36.8 Å². The number of nitrogens with one attached hydrogen (secondary N) is 2. The van der Waals surface area contributed by atoms with Crippen LogP contribution in [0.2, 0.25) is 0 Å². The van der Waals surface area contributed by atoms with E-state index >= 15 is 0 Å². The van der Waals surface area contributed by atoms with Crippen molar-refractivity contribution in [1.82, 2.24) is 15.3 Å². The number of hydrogen-bond donors (Lipinski definition) is 2. The van der Waals surface area contributed by atoms with Crippen LogP contribution in [0.4, 0.5) is 0 Å². The molecule has 24 heavy (non-hydrogen) atoms. The zero-order chi connectivity index (χ0) is 16.7. The number of carbonyl (C=O) groups is 1. The molecular formula is C20H17N3O. The Kier molecular flexibility index (Phi) is 3.31. The minimum absolute atomic E-state index is 0.0992. The molecule has 2 aromatic carbocycles. The third-order valence-corrected chi connectivity index (χ3v) is 4.40. The molecule has 2 aromatic heterocycles. The Morgan fingerprint density at radius 1 is 1.04 bits per heavy atom. The minimum Gasteiger partial charge on any atom is -0.360 e.